The van der Waals surface area contributed by atoms with Gasteiger partial charge < -0.3 is 4.74 Å². The number of carbonyl (C=O) groups excluding carboxylic acids is 1. The normalized spacial score (nSPS) is 12.9. The monoisotopic (exact) mass is 618 g/mol. The molecule has 0 radical (unpaired) electrons. The van der Waals surface area contributed by atoms with Crippen molar-refractivity contribution >= 4 is 52.8 Å². The number of carbonyl (C=O) groups is 1. The molecule has 0 fully saturated rings. The van der Waals surface area contributed by atoms with Crippen LogP contribution >= 0.6 is 15.9 Å². The lowest BCUT2D eigenvalue weighted by molar-refractivity contribution is -0.145. The summed E-state index contributed by atoms with van der Waals surface area (Å²) in [7, 11) is -8.06. The van der Waals surface area contributed by atoms with E-state index in [0.717, 1.165) is 15.1 Å². The van der Waals surface area contributed by atoms with E-state index in [1.54, 1.807) is 49.4 Å². The van der Waals surface area contributed by atoms with Crippen LogP contribution in [0.25, 0.3) is 10.9 Å². The quantitative estimate of drug-likeness (QED) is 0.272. The summed E-state index contributed by atoms with van der Waals surface area (Å²) < 4.78 is 62.8. The number of ether oxygens (including phenoxy) is 1. The van der Waals surface area contributed by atoms with Gasteiger partial charge in [0.05, 0.1) is 21.9 Å². The Balaban J connectivity index is 1.79. The number of nitrogens with zero attached hydrogens (tertiary/aromatic N) is 1. The van der Waals surface area contributed by atoms with Crippen molar-refractivity contribution in [3.63, 3.8) is 0 Å². The fourth-order valence-corrected chi connectivity index (χ4v) is 6.95. The Kier molecular flexibility index (Phi) is 8.12. The van der Waals surface area contributed by atoms with E-state index in [0.29, 0.717) is 20.9 Å². The van der Waals surface area contributed by atoms with Crippen molar-refractivity contribution in [3.05, 3.63) is 94.1 Å². The van der Waals surface area contributed by atoms with Crippen LogP contribution in [-0.2, 0) is 36.0 Å². The van der Waals surface area contributed by atoms with Crippen LogP contribution in [0.4, 0.5) is 0 Å². The fourth-order valence-electron chi connectivity index (χ4n) is 4.03. The predicted octanol–water partition coefficient (Wildman–Crippen LogP) is 4.71. The molecule has 1 aromatic heterocycles. The van der Waals surface area contributed by atoms with Crippen molar-refractivity contribution < 1.29 is 26.4 Å². The lowest BCUT2D eigenvalue weighted by atomic mass is 10.1. The van der Waals surface area contributed by atoms with Crippen LogP contribution in [0.15, 0.2) is 87.2 Å². The molecule has 0 bridgehead atoms. The number of halogens is 1. The van der Waals surface area contributed by atoms with Crippen LogP contribution in [-0.4, -0.2) is 39.4 Å². The number of rotatable bonds is 9. The molecule has 0 aliphatic heterocycles. The molecule has 4 aromatic rings. The van der Waals surface area contributed by atoms with Gasteiger partial charge in [0.2, 0.25) is 10.0 Å². The highest BCUT2D eigenvalue weighted by Crippen LogP contribution is 2.30. The van der Waals surface area contributed by atoms with Gasteiger partial charge in [-0.3, -0.25) is 4.79 Å². The summed E-state index contributed by atoms with van der Waals surface area (Å²) in [6, 6.07) is 16.6. The van der Waals surface area contributed by atoms with E-state index in [4.69, 9.17) is 4.74 Å². The van der Waals surface area contributed by atoms with E-state index < -0.39 is 32.1 Å². The number of nitrogens with one attached hydrogen (secondary N) is 1. The van der Waals surface area contributed by atoms with Crippen LogP contribution < -0.4 is 4.72 Å². The number of benzene rings is 3. The SMILES string of the molecule is CCOC(=O)[C@@H](Cc1cn(S(=O)(=O)c2ccc(C)cc2)c2cc(Br)ccc12)NS(=O)(=O)c1ccc(C)cc1. The Labute approximate surface area is 230 Å². The minimum Gasteiger partial charge on any atom is -0.465 e. The van der Waals surface area contributed by atoms with Gasteiger partial charge in [0.25, 0.3) is 10.0 Å². The lowest BCUT2D eigenvalue weighted by Crippen LogP contribution is -2.43. The summed E-state index contributed by atoms with van der Waals surface area (Å²) in [5, 5.41) is 0.563. The minimum absolute atomic E-state index is 0.00528. The van der Waals surface area contributed by atoms with Gasteiger partial charge in [0.15, 0.2) is 0 Å². The first-order chi connectivity index (χ1) is 17.9. The fraction of sp³-hybridized carbons (Fsp3) is 0.222. The summed E-state index contributed by atoms with van der Waals surface area (Å²) >= 11 is 3.40. The van der Waals surface area contributed by atoms with Gasteiger partial charge in [-0.1, -0.05) is 57.4 Å². The minimum atomic E-state index is -4.07. The molecule has 1 heterocycles. The zero-order valence-electron chi connectivity index (χ0n) is 21.0. The van der Waals surface area contributed by atoms with E-state index in [1.807, 2.05) is 13.8 Å². The molecule has 0 spiro atoms. The molecule has 0 aliphatic rings. The molecule has 0 saturated carbocycles. The molecule has 4 rings (SSSR count). The van der Waals surface area contributed by atoms with Crippen molar-refractivity contribution in [2.24, 2.45) is 0 Å². The lowest BCUT2D eigenvalue weighted by Gasteiger charge is -2.17. The molecule has 0 amide bonds. The van der Waals surface area contributed by atoms with E-state index in [9.17, 15) is 21.6 Å². The van der Waals surface area contributed by atoms with Gasteiger partial charge in [-0.05, 0) is 62.7 Å². The Morgan fingerprint density at radius 3 is 2.08 bits per heavy atom. The molecule has 0 saturated heterocycles. The molecule has 8 nitrogen and oxygen atoms in total. The Morgan fingerprint density at radius 1 is 0.921 bits per heavy atom. The van der Waals surface area contributed by atoms with Crippen LogP contribution in [0.3, 0.4) is 0 Å². The largest absolute Gasteiger partial charge is 0.465 e. The van der Waals surface area contributed by atoms with E-state index in [-0.39, 0.29) is 22.8 Å². The van der Waals surface area contributed by atoms with E-state index >= 15 is 0 Å². The van der Waals surface area contributed by atoms with Crippen LogP contribution in [0.2, 0.25) is 0 Å². The highest BCUT2D eigenvalue weighted by atomic mass is 79.9. The number of fused-ring (bicyclic) bond motifs is 1. The number of esters is 1. The number of hydrogen-bond acceptors (Lipinski definition) is 6. The van der Waals surface area contributed by atoms with Gasteiger partial charge >= 0.3 is 5.97 Å². The van der Waals surface area contributed by atoms with Gasteiger partial charge in [0.1, 0.15) is 6.04 Å². The van der Waals surface area contributed by atoms with E-state index in [1.165, 1.54) is 30.5 Å². The van der Waals surface area contributed by atoms with Gasteiger partial charge in [-0.15, -0.1) is 0 Å². The third-order valence-corrected chi connectivity index (χ3v) is 9.69. The third-order valence-electron chi connectivity index (χ3n) is 6.02. The topological polar surface area (TPSA) is 112 Å². The maximum Gasteiger partial charge on any atom is 0.324 e. The van der Waals surface area contributed by atoms with Gasteiger partial charge in [-0.2, -0.15) is 4.72 Å². The van der Waals surface area contributed by atoms with Crippen molar-refractivity contribution in [1.82, 2.24) is 8.69 Å². The molecule has 1 atom stereocenters. The van der Waals surface area contributed by atoms with Gasteiger partial charge in [-0.25, -0.2) is 20.8 Å². The molecular formula is C27H27BrN2O6S2. The second-order valence-electron chi connectivity index (χ2n) is 8.87. The average molecular weight is 620 g/mol. The Bertz CT molecular complexity index is 1700. The van der Waals surface area contributed by atoms with Crippen LogP contribution in [0.1, 0.15) is 23.6 Å². The highest BCUT2D eigenvalue weighted by Gasteiger charge is 2.30. The molecular weight excluding hydrogens is 592 g/mol. The molecule has 38 heavy (non-hydrogen) atoms. The average Bonchev–Trinajstić information content (AvgIpc) is 3.22. The first kappa shape index (κ1) is 28.0. The van der Waals surface area contributed by atoms with Crippen molar-refractivity contribution in [2.45, 2.75) is 43.0 Å². The standard InChI is InChI=1S/C27H27BrN2O6S2/c1-4-36-27(31)25(29-37(32,33)22-10-5-18(2)6-11-22)15-20-17-30(26-16-21(28)9-14-24(20)26)38(34,35)23-12-7-19(3)8-13-23/h5-14,16-17,25,29H,4,15H2,1-3H3/t25-/m1/s1. The highest BCUT2D eigenvalue weighted by molar-refractivity contribution is 9.10. The Morgan fingerprint density at radius 2 is 1.50 bits per heavy atom. The second kappa shape index (κ2) is 11.0. The summed E-state index contributed by atoms with van der Waals surface area (Å²) in [5.74, 6) is -0.761. The predicted molar refractivity (Wildman–Crippen MR) is 149 cm³/mol. The smallest absolute Gasteiger partial charge is 0.324 e. The summed E-state index contributed by atoms with van der Waals surface area (Å²) in [6.07, 6.45) is 1.30. The zero-order valence-corrected chi connectivity index (χ0v) is 24.2. The molecule has 3 aromatic carbocycles. The first-order valence-electron chi connectivity index (χ1n) is 11.8. The summed E-state index contributed by atoms with van der Waals surface area (Å²) in [5.41, 5.74) is 2.66. The molecule has 1 N–H and O–H groups in total. The van der Waals surface area contributed by atoms with Crippen molar-refractivity contribution in [1.29, 1.82) is 0 Å². The number of sulfonamides is 1. The van der Waals surface area contributed by atoms with Crippen LogP contribution in [0, 0.1) is 13.8 Å². The molecule has 11 heteroatoms. The first-order valence-corrected chi connectivity index (χ1v) is 15.5. The number of aryl methyl sites for hydroxylation is 2. The maximum atomic E-state index is 13.6. The molecule has 0 aliphatic carbocycles. The zero-order chi connectivity index (χ0) is 27.7. The van der Waals surface area contributed by atoms with Crippen molar-refractivity contribution in [2.75, 3.05) is 6.61 Å². The second-order valence-corrected chi connectivity index (χ2v) is 13.3. The maximum absolute atomic E-state index is 13.6. The van der Waals surface area contributed by atoms with Crippen molar-refractivity contribution in [3.8, 4) is 0 Å². The molecule has 0 unspecified atom stereocenters. The van der Waals surface area contributed by atoms with Crippen LogP contribution in [0.5, 0.6) is 0 Å². The Hall–Kier alpha value is -2.99. The third kappa shape index (κ3) is 5.85. The summed E-state index contributed by atoms with van der Waals surface area (Å²) in [4.78, 5) is 13.0. The van der Waals surface area contributed by atoms with E-state index in [2.05, 4.69) is 20.7 Å². The van der Waals surface area contributed by atoms with Gasteiger partial charge in [0, 0.05) is 22.5 Å². The molecule has 200 valence electrons. The summed E-state index contributed by atoms with van der Waals surface area (Å²) in [6.45, 7) is 5.38. The number of aromatic nitrogens is 1. The number of hydrogen-bond donors (Lipinski definition) is 1.